The Morgan fingerprint density at radius 3 is 1.78 bits per heavy atom. The van der Waals surface area contributed by atoms with Crippen LogP contribution in [-0.4, -0.2) is 231 Å². The summed E-state index contributed by atoms with van der Waals surface area (Å²) < 4.78 is 0. The number of nitrogens with two attached hydrogens (primary N) is 5. The van der Waals surface area contributed by atoms with Crippen molar-refractivity contribution in [1.82, 2.24) is 46.2 Å². The predicted molar refractivity (Wildman–Crippen MR) is 271 cm³/mol. The maximum atomic E-state index is 14.9. The zero-order valence-corrected chi connectivity index (χ0v) is 42.5. The normalized spacial score (nSPS) is 24.1. The van der Waals surface area contributed by atoms with Crippen molar-refractivity contribution in [2.24, 2.45) is 38.7 Å². The first-order valence-electron chi connectivity index (χ1n) is 25.3. The Kier molecular flexibility index (Phi) is 22.0. The fraction of sp³-hybridized carbons (Fsp3) is 0.638. The minimum Gasteiger partial charge on any atom is -0.392 e. The highest BCUT2D eigenvalue weighted by atomic mass is 16.3. The topological polar surface area (TPSA) is 462 Å². The molecule has 0 aliphatic carbocycles. The average molecular weight is 1070 g/mol. The van der Waals surface area contributed by atoms with Gasteiger partial charge >= 0.3 is 0 Å². The number of nitrogens with zero attached hydrogens (tertiary/aromatic N) is 6. The molecular weight excluding hydrogens is 997 g/mol. The van der Waals surface area contributed by atoms with Gasteiger partial charge in [-0.1, -0.05) is 30.3 Å². The van der Waals surface area contributed by atoms with Crippen molar-refractivity contribution in [2.75, 3.05) is 59.4 Å². The number of guanidine groups is 2. The number of benzene rings is 1. The van der Waals surface area contributed by atoms with Crippen LogP contribution in [0, 0.1) is 0 Å². The molecule has 29 nitrogen and oxygen atoms in total. The molecule has 0 spiro atoms. The first-order valence-corrected chi connectivity index (χ1v) is 25.3. The standard InChI is InChI=1S/C47H74N16O13/c1-53-40(71)34-16-27(65)21-61(34)44(75)33(19-37(48)68)57-38(69)24-60(14-11-25-7-3-2-4-8-25)42(73)31(10-6-13-55-47(51)52)59-39(70)30(9-5-12-54-46(49)50)58-41(72)35-17-28(66)22-62(35)45(76)36-18-29(67)23-63(36)43(74)32-15-26(64)20-56-32/h2-4,7-8,26-36,56,64-67H,5-6,9-24H2,1H3,(H2,48,68)(H,53,71)(H,57,69)(H,58,72)(H,59,70)(H4,49,50,54)(H4,51,52,55)/t26-,27-,28-,29-,30+,31+,32+,33+,34+,35+,36+/m1/s1. The molecule has 1 aromatic carbocycles. The third-order valence-corrected chi connectivity index (χ3v) is 13.6. The van der Waals surface area contributed by atoms with Gasteiger partial charge in [-0.2, -0.15) is 0 Å². The summed E-state index contributed by atoms with van der Waals surface area (Å²) in [6, 6.07) is -0.136. The van der Waals surface area contributed by atoms with Crippen molar-refractivity contribution in [1.29, 1.82) is 0 Å². The number of hydrogen-bond donors (Lipinski definition) is 14. The molecule has 9 amide bonds. The van der Waals surface area contributed by atoms with E-state index in [4.69, 9.17) is 28.7 Å². The number of rotatable bonds is 25. The number of amides is 9. The zero-order chi connectivity index (χ0) is 55.8. The Balaban J connectivity index is 1.40. The number of hydrogen-bond acceptors (Lipinski definition) is 16. The second-order valence-electron chi connectivity index (χ2n) is 19.5. The van der Waals surface area contributed by atoms with Crippen molar-refractivity contribution in [2.45, 2.75) is 131 Å². The van der Waals surface area contributed by atoms with Gasteiger partial charge in [0, 0.05) is 72.1 Å². The first-order chi connectivity index (χ1) is 36.1. The summed E-state index contributed by atoms with van der Waals surface area (Å²) >= 11 is 0. The molecule has 0 radical (unpaired) electrons. The van der Waals surface area contributed by atoms with Crippen LogP contribution in [-0.2, 0) is 49.6 Å². The highest BCUT2D eigenvalue weighted by Crippen LogP contribution is 2.28. The number of carbonyl (C=O) groups is 9. The van der Waals surface area contributed by atoms with Crippen LogP contribution in [0.1, 0.15) is 63.4 Å². The van der Waals surface area contributed by atoms with Crippen LogP contribution in [0.2, 0.25) is 0 Å². The van der Waals surface area contributed by atoms with Crippen LogP contribution in [0.15, 0.2) is 40.3 Å². The van der Waals surface area contributed by atoms with Crippen LogP contribution in [0.3, 0.4) is 0 Å². The summed E-state index contributed by atoms with van der Waals surface area (Å²) in [5, 5.41) is 55.1. The second kappa shape index (κ2) is 28.1. The third-order valence-electron chi connectivity index (χ3n) is 13.6. The molecule has 5 rings (SSSR count). The lowest BCUT2D eigenvalue weighted by Crippen LogP contribution is -2.59. The van der Waals surface area contributed by atoms with E-state index in [0.717, 1.165) is 20.3 Å². The Morgan fingerprint density at radius 1 is 0.671 bits per heavy atom. The van der Waals surface area contributed by atoms with Crippen LogP contribution in [0.4, 0.5) is 0 Å². The van der Waals surface area contributed by atoms with Crippen LogP contribution < -0.4 is 55.3 Å². The summed E-state index contributed by atoms with van der Waals surface area (Å²) in [6.45, 7) is -1.49. The number of aliphatic imine (C=N–C) groups is 2. The van der Waals surface area contributed by atoms with E-state index in [1.165, 1.54) is 11.9 Å². The van der Waals surface area contributed by atoms with E-state index in [1.807, 2.05) is 0 Å². The molecule has 19 N–H and O–H groups in total. The van der Waals surface area contributed by atoms with Gasteiger partial charge in [0.1, 0.15) is 36.3 Å². The molecule has 4 heterocycles. The number of aliphatic hydroxyl groups is 4. The van der Waals surface area contributed by atoms with Gasteiger partial charge in [0.05, 0.1) is 43.4 Å². The first kappa shape index (κ1) is 59.7. The van der Waals surface area contributed by atoms with E-state index >= 15 is 0 Å². The molecule has 420 valence electrons. The van der Waals surface area contributed by atoms with E-state index in [9.17, 15) is 63.6 Å². The van der Waals surface area contributed by atoms with E-state index in [-0.39, 0.29) is 116 Å². The van der Waals surface area contributed by atoms with Gasteiger partial charge in [-0.25, -0.2) is 0 Å². The highest BCUT2D eigenvalue weighted by molar-refractivity contribution is 5.98. The predicted octanol–water partition coefficient (Wildman–Crippen LogP) is -8.15. The molecule has 0 aromatic heterocycles. The molecule has 4 aliphatic heterocycles. The second-order valence-corrected chi connectivity index (χ2v) is 19.5. The lowest BCUT2D eigenvalue weighted by Gasteiger charge is -2.32. The van der Waals surface area contributed by atoms with E-state index in [0.29, 0.717) is 0 Å². The lowest BCUT2D eigenvalue weighted by molar-refractivity contribution is -0.147. The number of β-amino-alcohol motifs (C(OH)–C–C–N with tert-alkyl or cyclic N) is 4. The number of likely N-dealkylation sites (tertiary alicyclic amines) is 3. The van der Waals surface area contributed by atoms with Gasteiger partial charge in [-0.05, 0) is 44.1 Å². The summed E-state index contributed by atoms with van der Waals surface area (Å²) in [7, 11) is 1.34. The lowest BCUT2D eigenvalue weighted by atomic mass is 10.0. The van der Waals surface area contributed by atoms with Crippen molar-refractivity contribution < 1.29 is 63.6 Å². The van der Waals surface area contributed by atoms with Gasteiger partial charge in [-0.15, -0.1) is 0 Å². The largest absolute Gasteiger partial charge is 0.392 e. The van der Waals surface area contributed by atoms with Gasteiger partial charge in [0.15, 0.2) is 11.9 Å². The Morgan fingerprint density at radius 2 is 1.22 bits per heavy atom. The van der Waals surface area contributed by atoms with Crippen LogP contribution in [0.25, 0.3) is 0 Å². The fourth-order valence-corrected chi connectivity index (χ4v) is 9.85. The molecule has 4 saturated heterocycles. The summed E-state index contributed by atoms with van der Waals surface area (Å²) in [4.78, 5) is 137. The van der Waals surface area contributed by atoms with Crippen molar-refractivity contribution in [3.63, 3.8) is 0 Å². The smallest absolute Gasteiger partial charge is 0.246 e. The quantitative estimate of drug-likeness (QED) is 0.0246. The van der Waals surface area contributed by atoms with Crippen molar-refractivity contribution >= 4 is 65.1 Å². The SMILES string of the molecule is CNC(=O)[C@@H]1C[C@@H](O)CN1C(=O)[C@H](CC(N)=O)NC(=O)CN(CCc1ccccc1)C(=O)[C@H](CCCN=C(N)N)NC(=O)[C@H](CCCN=C(N)N)NC(=O)[C@@H]1C[C@@H](O)CN1C(=O)[C@@H]1C[C@@H](O)CN1C(=O)[C@@H]1C[C@@H](O)CN1. The number of primary amides is 1. The molecule has 0 bridgehead atoms. The summed E-state index contributed by atoms with van der Waals surface area (Å²) in [6.07, 6.45) is -5.15. The molecule has 0 unspecified atom stereocenters. The number of aliphatic hydroxyl groups excluding tert-OH is 4. The molecule has 0 saturated carbocycles. The number of carbonyl (C=O) groups excluding carboxylic acids is 9. The van der Waals surface area contributed by atoms with Crippen LogP contribution in [0.5, 0.6) is 0 Å². The minimum absolute atomic E-state index is 0.00163. The average Bonchev–Trinajstić information content (AvgIpc) is 4.19. The monoisotopic (exact) mass is 1070 g/mol. The fourth-order valence-electron chi connectivity index (χ4n) is 9.85. The number of nitrogens with one attached hydrogen (secondary N) is 5. The summed E-state index contributed by atoms with van der Waals surface area (Å²) in [5.74, 6) is -7.70. The van der Waals surface area contributed by atoms with Crippen LogP contribution >= 0.6 is 0 Å². The van der Waals surface area contributed by atoms with Gasteiger partial charge in [0.2, 0.25) is 53.2 Å². The third kappa shape index (κ3) is 16.9. The van der Waals surface area contributed by atoms with Gasteiger partial charge in [-0.3, -0.25) is 53.1 Å². The minimum atomic E-state index is -1.62. The van der Waals surface area contributed by atoms with Gasteiger partial charge < -0.3 is 95.3 Å². The van der Waals surface area contributed by atoms with E-state index in [2.05, 4.69) is 36.6 Å². The van der Waals surface area contributed by atoms with Crippen molar-refractivity contribution in [3.8, 4) is 0 Å². The maximum absolute atomic E-state index is 14.9. The molecule has 4 fully saturated rings. The molecule has 76 heavy (non-hydrogen) atoms. The molecule has 4 aliphatic rings. The van der Waals surface area contributed by atoms with Gasteiger partial charge in [0.25, 0.3) is 0 Å². The Labute approximate surface area is 438 Å². The molecule has 11 atom stereocenters. The highest BCUT2D eigenvalue weighted by Gasteiger charge is 2.49. The molecule has 29 heteroatoms. The Bertz CT molecular complexity index is 2300. The number of likely N-dealkylation sites (N-methyl/N-ethyl adjacent to an activating group) is 1. The molecular formula is C47H74N16O13. The van der Waals surface area contributed by atoms with E-state index in [1.54, 1.807) is 30.3 Å². The van der Waals surface area contributed by atoms with Crippen molar-refractivity contribution in [3.05, 3.63) is 35.9 Å². The zero-order valence-electron chi connectivity index (χ0n) is 42.5. The summed E-state index contributed by atoms with van der Waals surface area (Å²) in [5.41, 5.74) is 28.5. The van der Waals surface area contributed by atoms with E-state index < -0.39 is 133 Å². The molecule has 1 aromatic rings. The maximum Gasteiger partial charge on any atom is 0.246 e. The Hall–Kier alpha value is -7.21.